The first-order valence-electron chi connectivity index (χ1n) is 8.15. The maximum Gasteiger partial charge on any atom is 0.487 e. The fraction of sp³-hybridized carbons (Fsp3) is 0.846. The second-order valence-corrected chi connectivity index (χ2v) is 9.00. The summed E-state index contributed by atoms with van der Waals surface area (Å²) in [5.41, 5.74) is -0.746. The minimum Gasteiger partial charge on any atom is -0.389 e. The van der Waals surface area contributed by atoms with Gasteiger partial charge in [-0.1, -0.05) is 30.6 Å². The number of hydrogen-bond donors (Lipinski definition) is 0. The highest BCUT2D eigenvalue weighted by molar-refractivity contribution is 7.97. The lowest BCUT2D eigenvalue weighted by molar-refractivity contribution is 0.00801. The van der Waals surface area contributed by atoms with Crippen LogP contribution in [0.3, 0.4) is 0 Å². The number of aromatic nitrogens is 2. The third-order valence-electron chi connectivity index (χ3n) is 3.62. The normalized spacial score (nSPS) is 16.1. The van der Waals surface area contributed by atoms with Gasteiger partial charge in [-0.2, -0.15) is 7.94 Å². The molecular formula is C13H23N2O8PS2. The van der Waals surface area contributed by atoms with Crippen LogP contribution < -0.4 is 5.76 Å². The number of hydrogen-bond acceptors (Lipinski definition) is 11. The van der Waals surface area contributed by atoms with E-state index >= 15 is 0 Å². The summed E-state index contributed by atoms with van der Waals surface area (Å²) >= 11 is 0.786. The third-order valence-corrected chi connectivity index (χ3v) is 6.60. The Morgan fingerprint density at radius 1 is 1.19 bits per heavy atom. The van der Waals surface area contributed by atoms with Crippen molar-refractivity contribution in [1.82, 2.24) is 9.55 Å². The number of ether oxygens (including phenoxy) is 1. The van der Waals surface area contributed by atoms with Gasteiger partial charge < -0.3 is 9.15 Å². The van der Waals surface area contributed by atoms with Gasteiger partial charge in [-0.15, -0.1) is 5.10 Å². The molecule has 0 N–H and O–H groups in total. The molecule has 1 aromatic heterocycles. The molecule has 0 unspecified atom stereocenters. The van der Waals surface area contributed by atoms with Gasteiger partial charge in [0.1, 0.15) is 5.60 Å². The molecule has 1 heterocycles. The molecule has 2 rings (SSSR count). The van der Waals surface area contributed by atoms with Gasteiger partial charge in [-0.25, -0.2) is 9.36 Å². The van der Waals surface area contributed by atoms with E-state index in [1.807, 2.05) is 0 Å². The summed E-state index contributed by atoms with van der Waals surface area (Å²) in [5.74, 6) is -0.909. The van der Waals surface area contributed by atoms with E-state index in [0.29, 0.717) is 48.5 Å². The maximum atomic E-state index is 12.8. The molecule has 10 nitrogen and oxygen atoms in total. The SMILES string of the molecule is CCCCCCOC1(c2nn(P(=O)(OSOC)OSOC)c(=O)o2)CC1. The lowest BCUT2D eigenvalue weighted by atomic mass is 10.2. The van der Waals surface area contributed by atoms with Crippen LogP contribution in [0.1, 0.15) is 51.3 Å². The Morgan fingerprint density at radius 3 is 2.38 bits per heavy atom. The van der Waals surface area contributed by atoms with Crippen molar-refractivity contribution in [1.29, 1.82) is 0 Å². The average molecular weight is 430 g/mol. The Kier molecular flexibility index (Phi) is 8.68. The van der Waals surface area contributed by atoms with Gasteiger partial charge in [0, 0.05) is 6.61 Å². The van der Waals surface area contributed by atoms with E-state index in [0.717, 1.165) is 25.7 Å². The summed E-state index contributed by atoms with van der Waals surface area (Å²) in [7, 11) is -1.57. The molecule has 0 bridgehead atoms. The topological polar surface area (TPSA) is 111 Å². The van der Waals surface area contributed by atoms with Crippen LogP contribution in [0.25, 0.3) is 0 Å². The van der Waals surface area contributed by atoms with Gasteiger partial charge in [-0.05, 0) is 19.3 Å². The minimum absolute atomic E-state index is 0.0650. The van der Waals surface area contributed by atoms with Crippen LogP contribution in [-0.2, 0) is 31.2 Å². The highest BCUT2D eigenvalue weighted by Crippen LogP contribution is 2.55. The summed E-state index contributed by atoms with van der Waals surface area (Å²) in [4.78, 5) is 12.1. The zero-order chi connectivity index (χ0) is 19.0. The zero-order valence-corrected chi connectivity index (χ0v) is 17.4. The molecule has 0 aromatic carbocycles. The van der Waals surface area contributed by atoms with Crippen molar-refractivity contribution < 1.29 is 30.0 Å². The summed E-state index contributed by atoms with van der Waals surface area (Å²) in [6.45, 7) is 2.68. The molecule has 13 heteroatoms. The molecule has 0 radical (unpaired) electrons. The van der Waals surface area contributed by atoms with E-state index in [9.17, 15) is 9.36 Å². The number of unbranched alkanes of at least 4 members (excludes halogenated alkanes) is 3. The molecule has 26 heavy (non-hydrogen) atoms. The van der Waals surface area contributed by atoms with E-state index in [1.165, 1.54) is 14.2 Å². The van der Waals surface area contributed by atoms with Crippen molar-refractivity contribution >= 4 is 32.4 Å². The maximum absolute atomic E-state index is 12.8. The van der Waals surface area contributed by atoms with Gasteiger partial charge in [0.05, 0.1) is 14.2 Å². The highest BCUT2D eigenvalue weighted by atomic mass is 32.2. The van der Waals surface area contributed by atoms with Crippen molar-refractivity contribution in [2.45, 2.75) is 51.0 Å². The average Bonchev–Trinajstić information content (AvgIpc) is 3.32. The van der Waals surface area contributed by atoms with Crippen molar-refractivity contribution in [2.75, 3.05) is 20.8 Å². The van der Waals surface area contributed by atoms with Crippen LogP contribution in [0.2, 0.25) is 0 Å². The van der Waals surface area contributed by atoms with Crippen molar-refractivity contribution in [3.05, 3.63) is 16.4 Å². The predicted octanol–water partition coefficient (Wildman–Crippen LogP) is 3.83. The van der Waals surface area contributed by atoms with Crippen LogP contribution in [0.5, 0.6) is 0 Å². The zero-order valence-electron chi connectivity index (χ0n) is 14.9. The third kappa shape index (κ3) is 5.59. The van der Waals surface area contributed by atoms with Crippen LogP contribution in [-0.4, -0.2) is 30.4 Å². The molecular weight excluding hydrogens is 407 g/mol. The van der Waals surface area contributed by atoms with E-state index in [2.05, 4.69) is 20.4 Å². The first-order chi connectivity index (χ1) is 12.5. The minimum atomic E-state index is -4.18. The fourth-order valence-corrected chi connectivity index (χ4v) is 4.51. The van der Waals surface area contributed by atoms with Crippen LogP contribution in [0.15, 0.2) is 9.21 Å². The summed E-state index contributed by atoms with van der Waals surface area (Å²) < 4.78 is 43.6. The van der Waals surface area contributed by atoms with Crippen molar-refractivity contribution in [3.63, 3.8) is 0 Å². The number of rotatable bonds is 14. The first-order valence-corrected chi connectivity index (χ1v) is 11.0. The molecule has 0 saturated heterocycles. The van der Waals surface area contributed by atoms with E-state index in [4.69, 9.17) is 17.1 Å². The first kappa shape index (κ1) is 22.0. The largest absolute Gasteiger partial charge is 0.487 e. The fourth-order valence-electron chi connectivity index (χ4n) is 2.15. The van der Waals surface area contributed by atoms with Gasteiger partial charge >= 0.3 is 13.5 Å². The smallest absolute Gasteiger partial charge is 0.389 e. The molecule has 150 valence electrons. The van der Waals surface area contributed by atoms with Gasteiger partial charge in [0.15, 0.2) is 24.6 Å². The number of nitrogens with zero attached hydrogens (tertiary/aromatic N) is 2. The predicted molar refractivity (Wildman–Crippen MR) is 96.1 cm³/mol. The second-order valence-electron chi connectivity index (χ2n) is 5.55. The molecule has 1 fully saturated rings. The monoisotopic (exact) mass is 430 g/mol. The Labute approximate surface area is 160 Å². The Morgan fingerprint density at radius 2 is 1.85 bits per heavy atom. The lowest BCUT2D eigenvalue weighted by Crippen LogP contribution is -2.16. The molecule has 1 aliphatic rings. The van der Waals surface area contributed by atoms with Crippen LogP contribution >= 0.6 is 32.4 Å². The summed E-state index contributed by atoms with van der Waals surface area (Å²) in [6, 6.07) is 0. The van der Waals surface area contributed by atoms with Crippen LogP contribution in [0.4, 0.5) is 0 Å². The molecule has 1 aromatic rings. The van der Waals surface area contributed by atoms with Crippen molar-refractivity contribution in [2.24, 2.45) is 0 Å². The van der Waals surface area contributed by atoms with E-state index < -0.39 is 19.1 Å². The van der Waals surface area contributed by atoms with Gasteiger partial charge in [0.25, 0.3) is 5.89 Å². The van der Waals surface area contributed by atoms with Crippen LogP contribution in [0, 0.1) is 0 Å². The van der Waals surface area contributed by atoms with Gasteiger partial charge in [0.2, 0.25) is 0 Å². The lowest BCUT2D eigenvalue weighted by Gasteiger charge is -2.13. The summed E-state index contributed by atoms with van der Waals surface area (Å²) in [6.07, 6.45) is 5.62. The highest BCUT2D eigenvalue weighted by Gasteiger charge is 2.52. The molecule has 1 aliphatic carbocycles. The standard InChI is InChI=1S/C13H23N2O8PS2/c1-4-5-6-7-10-20-13(8-9-13)11-14-15(12(16)21-11)24(17,22-25-18-2)23-26-19-3/h4-10H2,1-3H3. The molecule has 0 aliphatic heterocycles. The Balaban J connectivity index is 2.11. The van der Waals surface area contributed by atoms with Crippen molar-refractivity contribution in [3.8, 4) is 0 Å². The molecule has 0 atom stereocenters. The van der Waals surface area contributed by atoms with Gasteiger partial charge in [-0.3, -0.25) is 8.37 Å². The molecule has 1 saturated carbocycles. The van der Waals surface area contributed by atoms with E-state index in [-0.39, 0.29) is 5.89 Å². The molecule has 0 amide bonds. The quantitative estimate of drug-likeness (QED) is 0.244. The second kappa shape index (κ2) is 10.3. The Bertz CT molecular complexity index is 651. The summed E-state index contributed by atoms with van der Waals surface area (Å²) in [5, 5.41) is 4.00. The molecule has 0 spiro atoms. The Hall–Kier alpha value is -0.330. The van der Waals surface area contributed by atoms with E-state index in [1.54, 1.807) is 0 Å².